The summed E-state index contributed by atoms with van der Waals surface area (Å²) >= 11 is 0. The van der Waals surface area contributed by atoms with Crippen molar-refractivity contribution in [3.8, 4) is 0 Å². The molecule has 1 saturated carbocycles. The number of halogens is 1. The first-order valence-electron chi connectivity index (χ1n) is 5.03. The maximum absolute atomic E-state index is 12.6. The Hall–Kier alpha value is -1.18. The number of carbonyl (C=O) groups is 1. The van der Waals surface area contributed by atoms with Gasteiger partial charge in [0.2, 0.25) is 0 Å². The summed E-state index contributed by atoms with van der Waals surface area (Å²) in [7, 11) is 0. The van der Waals surface area contributed by atoms with E-state index in [0.29, 0.717) is 12.2 Å². The zero-order valence-corrected chi connectivity index (χ0v) is 8.00. The first kappa shape index (κ1) is 9.38. The number of hydrogen-bond acceptors (Lipinski definition) is 1. The minimum absolute atomic E-state index is 0.246. The molecule has 1 nitrogen and oxygen atoms in total. The highest BCUT2D eigenvalue weighted by molar-refractivity contribution is 5.83. The summed E-state index contributed by atoms with van der Waals surface area (Å²) in [4.78, 5) is 11.6. The smallest absolute Gasteiger partial charge is 0.140 e. The van der Waals surface area contributed by atoms with Crippen LogP contribution in [0, 0.1) is 11.7 Å². The molecule has 1 aliphatic rings. The zero-order valence-electron chi connectivity index (χ0n) is 8.00. The van der Waals surface area contributed by atoms with Gasteiger partial charge >= 0.3 is 0 Å². The van der Waals surface area contributed by atoms with E-state index < -0.39 is 0 Å². The number of hydrogen-bond donors (Lipinski definition) is 0. The van der Waals surface area contributed by atoms with Crippen molar-refractivity contribution in [1.29, 1.82) is 0 Å². The van der Waals surface area contributed by atoms with Crippen LogP contribution in [-0.2, 0) is 11.2 Å². The third kappa shape index (κ3) is 2.00. The lowest BCUT2D eigenvalue weighted by Crippen LogP contribution is -2.23. The van der Waals surface area contributed by atoms with Crippen molar-refractivity contribution < 1.29 is 9.18 Å². The minimum Gasteiger partial charge on any atom is -0.299 e. The van der Waals surface area contributed by atoms with Crippen LogP contribution in [-0.4, -0.2) is 5.78 Å². The highest BCUT2D eigenvalue weighted by Crippen LogP contribution is 2.28. The quantitative estimate of drug-likeness (QED) is 0.719. The fourth-order valence-corrected chi connectivity index (χ4v) is 1.68. The van der Waals surface area contributed by atoms with Crippen molar-refractivity contribution in [2.24, 2.45) is 5.92 Å². The van der Waals surface area contributed by atoms with Crippen molar-refractivity contribution in [1.82, 2.24) is 0 Å². The normalized spacial score (nSPS) is 16.4. The van der Waals surface area contributed by atoms with Crippen LogP contribution in [0.5, 0.6) is 0 Å². The lowest BCUT2D eigenvalue weighted by Gasteiger charge is -2.23. The fraction of sp³-hybridized carbons (Fsp3) is 0.417. The molecule has 1 aromatic carbocycles. The second kappa shape index (κ2) is 3.91. The van der Waals surface area contributed by atoms with Crippen LogP contribution >= 0.6 is 0 Å². The lowest BCUT2D eigenvalue weighted by molar-refractivity contribution is -0.124. The van der Waals surface area contributed by atoms with E-state index in [0.717, 1.165) is 18.4 Å². The van der Waals surface area contributed by atoms with Crippen molar-refractivity contribution in [3.05, 3.63) is 35.6 Å². The summed E-state index contributed by atoms with van der Waals surface area (Å²) in [6, 6.07) is 6.19. The topological polar surface area (TPSA) is 17.1 Å². The van der Waals surface area contributed by atoms with Gasteiger partial charge in [0.15, 0.2) is 0 Å². The summed E-state index contributed by atoms with van der Waals surface area (Å²) in [5, 5.41) is 0. The number of ketones is 1. The molecule has 0 saturated heterocycles. The molecule has 0 unspecified atom stereocenters. The SMILES string of the molecule is O=C(Cc1ccc(F)cc1)C1CCC1. The van der Waals surface area contributed by atoms with Gasteiger partial charge in [-0.15, -0.1) is 0 Å². The van der Waals surface area contributed by atoms with Crippen molar-refractivity contribution in [2.75, 3.05) is 0 Å². The van der Waals surface area contributed by atoms with Crippen LogP contribution in [0.15, 0.2) is 24.3 Å². The Labute approximate surface area is 82.9 Å². The van der Waals surface area contributed by atoms with Gasteiger partial charge in [0.25, 0.3) is 0 Å². The molecule has 14 heavy (non-hydrogen) atoms. The van der Waals surface area contributed by atoms with E-state index >= 15 is 0 Å². The molecule has 0 amide bonds. The summed E-state index contributed by atoms with van der Waals surface area (Å²) < 4.78 is 12.6. The summed E-state index contributed by atoms with van der Waals surface area (Å²) in [6.07, 6.45) is 3.73. The van der Waals surface area contributed by atoms with E-state index in [1.807, 2.05) is 0 Å². The predicted molar refractivity (Wildman–Crippen MR) is 52.5 cm³/mol. The standard InChI is InChI=1S/C12H13FO/c13-11-6-4-9(5-7-11)8-12(14)10-2-1-3-10/h4-7,10H,1-3,8H2. The first-order chi connectivity index (χ1) is 6.75. The Morgan fingerprint density at radius 2 is 1.93 bits per heavy atom. The molecular weight excluding hydrogens is 179 g/mol. The number of Topliss-reactive ketones (excluding diaryl/α,β-unsaturated/α-hetero) is 1. The molecule has 0 aliphatic heterocycles. The average Bonchev–Trinajstić information content (AvgIpc) is 2.06. The van der Waals surface area contributed by atoms with Crippen LogP contribution in [0.3, 0.4) is 0 Å². The molecule has 1 aliphatic carbocycles. The minimum atomic E-state index is -0.246. The Morgan fingerprint density at radius 3 is 2.43 bits per heavy atom. The van der Waals surface area contributed by atoms with Gasteiger partial charge in [0.1, 0.15) is 11.6 Å². The average molecular weight is 192 g/mol. The van der Waals surface area contributed by atoms with Gasteiger partial charge in [-0.25, -0.2) is 4.39 Å². The second-order valence-electron chi connectivity index (χ2n) is 3.90. The van der Waals surface area contributed by atoms with Gasteiger partial charge < -0.3 is 0 Å². The van der Waals surface area contributed by atoms with E-state index in [4.69, 9.17) is 0 Å². The molecule has 1 aromatic rings. The third-order valence-electron chi connectivity index (χ3n) is 2.85. The molecule has 0 atom stereocenters. The Balaban J connectivity index is 1.96. The zero-order chi connectivity index (χ0) is 9.97. The van der Waals surface area contributed by atoms with Gasteiger partial charge in [-0.2, -0.15) is 0 Å². The number of rotatable bonds is 3. The molecule has 0 heterocycles. The molecule has 74 valence electrons. The highest BCUT2D eigenvalue weighted by atomic mass is 19.1. The molecular formula is C12H13FO. The van der Waals surface area contributed by atoms with E-state index in [-0.39, 0.29) is 11.7 Å². The Bertz CT molecular complexity index is 325. The number of carbonyl (C=O) groups excluding carboxylic acids is 1. The van der Waals surface area contributed by atoms with Crippen molar-refractivity contribution >= 4 is 5.78 Å². The van der Waals surface area contributed by atoms with E-state index in [1.165, 1.54) is 18.6 Å². The lowest BCUT2D eigenvalue weighted by atomic mass is 9.80. The first-order valence-corrected chi connectivity index (χ1v) is 5.03. The van der Waals surface area contributed by atoms with Gasteiger partial charge in [0.05, 0.1) is 0 Å². The van der Waals surface area contributed by atoms with Gasteiger partial charge in [-0.1, -0.05) is 18.6 Å². The molecule has 0 bridgehead atoms. The molecule has 0 radical (unpaired) electrons. The summed E-state index contributed by atoms with van der Waals surface area (Å²) in [5.41, 5.74) is 0.920. The van der Waals surface area contributed by atoms with Crippen LogP contribution in [0.25, 0.3) is 0 Å². The van der Waals surface area contributed by atoms with Gasteiger partial charge in [0, 0.05) is 12.3 Å². The molecule has 0 spiro atoms. The molecule has 2 rings (SSSR count). The van der Waals surface area contributed by atoms with Crippen LogP contribution in [0.1, 0.15) is 24.8 Å². The van der Waals surface area contributed by atoms with Crippen molar-refractivity contribution in [2.45, 2.75) is 25.7 Å². The third-order valence-corrected chi connectivity index (χ3v) is 2.85. The monoisotopic (exact) mass is 192 g/mol. The van der Waals surface area contributed by atoms with E-state index in [2.05, 4.69) is 0 Å². The Morgan fingerprint density at radius 1 is 1.29 bits per heavy atom. The predicted octanol–water partition coefficient (Wildman–Crippen LogP) is 2.74. The van der Waals surface area contributed by atoms with Gasteiger partial charge in [-0.3, -0.25) is 4.79 Å². The second-order valence-corrected chi connectivity index (χ2v) is 3.90. The summed E-state index contributed by atoms with van der Waals surface area (Å²) in [6.45, 7) is 0. The van der Waals surface area contributed by atoms with Gasteiger partial charge in [-0.05, 0) is 30.5 Å². The van der Waals surface area contributed by atoms with Crippen LogP contribution < -0.4 is 0 Å². The molecule has 0 N–H and O–H groups in total. The Kier molecular flexibility index (Phi) is 2.62. The van der Waals surface area contributed by atoms with Crippen LogP contribution in [0.4, 0.5) is 4.39 Å². The largest absolute Gasteiger partial charge is 0.299 e. The maximum atomic E-state index is 12.6. The molecule has 1 fully saturated rings. The fourth-order valence-electron chi connectivity index (χ4n) is 1.68. The highest BCUT2D eigenvalue weighted by Gasteiger charge is 2.24. The van der Waals surface area contributed by atoms with Crippen LogP contribution in [0.2, 0.25) is 0 Å². The maximum Gasteiger partial charge on any atom is 0.140 e. The molecule has 2 heteroatoms. The molecule has 0 aromatic heterocycles. The number of benzene rings is 1. The summed E-state index contributed by atoms with van der Waals surface area (Å²) in [5.74, 6) is 0.341. The van der Waals surface area contributed by atoms with E-state index in [9.17, 15) is 9.18 Å². The van der Waals surface area contributed by atoms with E-state index in [1.54, 1.807) is 12.1 Å². The van der Waals surface area contributed by atoms with Crippen molar-refractivity contribution in [3.63, 3.8) is 0 Å².